The fraction of sp³-hybridized carbons (Fsp3) is 0.200. The highest BCUT2D eigenvalue weighted by Crippen LogP contribution is 2.31. The molecule has 0 aliphatic heterocycles. The summed E-state index contributed by atoms with van der Waals surface area (Å²) in [6.07, 6.45) is 0. The molecule has 2 rings (SSSR count). The largest absolute Gasteiger partial charge is 0.377 e. The fourth-order valence-corrected chi connectivity index (χ4v) is 1.95. The third kappa shape index (κ3) is 4.24. The van der Waals surface area contributed by atoms with Crippen LogP contribution in [0.5, 0.6) is 0 Å². The molecule has 0 fully saturated rings. The summed E-state index contributed by atoms with van der Waals surface area (Å²) in [4.78, 5) is 20.5. The molecule has 2 aromatic carbocycles. The van der Waals surface area contributed by atoms with Crippen LogP contribution in [-0.2, 0) is 11.3 Å². The molecule has 0 aliphatic carbocycles. The lowest BCUT2D eigenvalue weighted by Crippen LogP contribution is -1.99. The number of benzene rings is 2. The smallest absolute Gasteiger partial charge is 0.299 e. The zero-order valence-electron chi connectivity index (χ0n) is 12.4. The monoisotopic (exact) mass is 317 g/mol. The summed E-state index contributed by atoms with van der Waals surface area (Å²) in [5.41, 5.74) is 1.14. The number of anilines is 2. The Kier molecular flexibility index (Phi) is 5.21. The quantitative estimate of drug-likeness (QED) is 0.615. The van der Waals surface area contributed by atoms with Crippen molar-refractivity contribution in [1.82, 2.24) is 0 Å². The average Bonchev–Trinajstić information content (AvgIpc) is 2.54. The molecule has 0 atom stereocenters. The molecular weight excluding hydrogens is 302 g/mol. The van der Waals surface area contributed by atoms with Crippen LogP contribution in [0.4, 0.5) is 22.7 Å². The molecule has 2 aromatic rings. The second-order valence-electron chi connectivity index (χ2n) is 4.67. The normalized spacial score (nSPS) is 10.3. The molecule has 0 saturated carbocycles. The Morgan fingerprint density at radius 3 is 2.30 bits per heavy atom. The third-order valence-electron chi connectivity index (χ3n) is 3.09. The zero-order valence-corrected chi connectivity index (χ0v) is 12.4. The highest BCUT2D eigenvalue weighted by atomic mass is 16.6. The molecule has 23 heavy (non-hydrogen) atoms. The maximum Gasteiger partial charge on any atom is 0.299 e. The summed E-state index contributed by atoms with van der Waals surface area (Å²) in [5, 5.41) is 24.7. The van der Waals surface area contributed by atoms with E-state index in [9.17, 15) is 20.2 Å². The van der Waals surface area contributed by atoms with Gasteiger partial charge in [0.25, 0.3) is 11.4 Å². The number of nitrogens with one attached hydrogen (secondary N) is 1. The summed E-state index contributed by atoms with van der Waals surface area (Å²) in [6.45, 7) is 3.02. The number of ether oxygens (including phenoxy) is 1. The predicted molar refractivity (Wildman–Crippen MR) is 84.8 cm³/mol. The minimum Gasteiger partial charge on any atom is -0.377 e. The zero-order chi connectivity index (χ0) is 16.8. The number of nitrogens with zero attached hydrogens (tertiary/aromatic N) is 2. The lowest BCUT2D eigenvalue weighted by molar-refractivity contribution is -0.393. The summed E-state index contributed by atoms with van der Waals surface area (Å²) in [5.74, 6) is 0. The standard InChI is InChI=1S/C15H15N3O5/c1-2-23-10-11-3-5-12(6-4-11)16-14-8-7-13(17(19)20)9-15(14)18(21)22/h3-9,16H,2,10H2,1H3. The van der Waals surface area contributed by atoms with E-state index < -0.39 is 9.85 Å². The van der Waals surface area contributed by atoms with Crippen molar-refractivity contribution < 1.29 is 14.6 Å². The Morgan fingerprint density at radius 1 is 1.04 bits per heavy atom. The third-order valence-corrected chi connectivity index (χ3v) is 3.09. The Balaban J connectivity index is 2.22. The molecule has 8 nitrogen and oxygen atoms in total. The van der Waals surface area contributed by atoms with Gasteiger partial charge in [0.1, 0.15) is 5.69 Å². The first-order valence-electron chi connectivity index (χ1n) is 6.87. The van der Waals surface area contributed by atoms with Gasteiger partial charge in [-0.2, -0.15) is 0 Å². The molecule has 0 spiro atoms. The second kappa shape index (κ2) is 7.32. The molecule has 0 amide bonds. The lowest BCUT2D eigenvalue weighted by Gasteiger charge is -2.08. The molecular formula is C15H15N3O5. The van der Waals surface area contributed by atoms with Gasteiger partial charge in [-0.25, -0.2) is 0 Å². The van der Waals surface area contributed by atoms with E-state index in [1.807, 2.05) is 19.1 Å². The Hall–Kier alpha value is -3.00. The van der Waals surface area contributed by atoms with Crippen molar-refractivity contribution in [2.75, 3.05) is 11.9 Å². The second-order valence-corrected chi connectivity index (χ2v) is 4.67. The molecule has 0 aromatic heterocycles. The van der Waals surface area contributed by atoms with E-state index in [4.69, 9.17) is 4.74 Å². The van der Waals surface area contributed by atoms with Gasteiger partial charge in [0.05, 0.1) is 22.5 Å². The maximum absolute atomic E-state index is 11.1. The van der Waals surface area contributed by atoms with Gasteiger partial charge >= 0.3 is 0 Å². The van der Waals surface area contributed by atoms with Crippen LogP contribution in [0.1, 0.15) is 12.5 Å². The van der Waals surface area contributed by atoms with Crippen molar-refractivity contribution in [3.8, 4) is 0 Å². The van der Waals surface area contributed by atoms with Gasteiger partial charge in [-0.15, -0.1) is 0 Å². The van der Waals surface area contributed by atoms with Crippen molar-refractivity contribution in [1.29, 1.82) is 0 Å². The van der Waals surface area contributed by atoms with Crippen LogP contribution in [0.3, 0.4) is 0 Å². The topological polar surface area (TPSA) is 108 Å². The molecule has 0 unspecified atom stereocenters. The number of nitro groups is 2. The van der Waals surface area contributed by atoms with Gasteiger partial charge in [0.2, 0.25) is 0 Å². The highest BCUT2D eigenvalue weighted by Gasteiger charge is 2.19. The molecule has 8 heteroatoms. The Morgan fingerprint density at radius 2 is 1.74 bits per heavy atom. The van der Waals surface area contributed by atoms with Crippen LogP contribution in [0.25, 0.3) is 0 Å². The molecule has 0 aliphatic rings. The summed E-state index contributed by atoms with van der Waals surface area (Å²) in [6, 6.07) is 10.7. The number of hydrogen-bond donors (Lipinski definition) is 1. The van der Waals surface area contributed by atoms with Gasteiger partial charge in [0.15, 0.2) is 0 Å². The summed E-state index contributed by atoms with van der Waals surface area (Å²) < 4.78 is 5.29. The molecule has 0 bridgehead atoms. The molecule has 0 heterocycles. The van der Waals surface area contributed by atoms with Crippen molar-refractivity contribution >= 4 is 22.7 Å². The van der Waals surface area contributed by atoms with Crippen LogP contribution in [0.15, 0.2) is 42.5 Å². The van der Waals surface area contributed by atoms with E-state index in [-0.39, 0.29) is 17.1 Å². The van der Waals surface area contributed by atoms with Crippen molar-refractivity contribution in [3.63, 3.8) is 0 Å². The van der Waals surface area contributed by atoms with Gasteiger partial charge in [-0.05, 0) is 30.7 Å². The fourth-order valence-electron chi connectivity index (χ4n) is 1.95. The van der Waals surface area contributed by atoms with E-state index in [0.717, 1.165) is 11.6 Å². The first-order valence-corrected chi connectivity index (χ1v) is 6.87. The van der Waals surface area contributed by atoms with Gasteiger partial charge in [0, 0.05) is 18.4 Å². The van der Waals surface area contributed by atoms with Crippen LogP contribution in [0, 0.1) is 20.2 Å². The minimum atomic E-state index is -0.667. The average molecular weight is 317 g/mol. The first kappa shape index (κ1) is 16.4. The van der Waals surface area contributed by atoms with E-state index in [1.54, 1.807) is 12.1 Å². The molecule has 0 saturated heterocycles. The van der Waals surface area contributed by atoms with Crippen molar-refractivity contribution in [2.45, 2.75) is 13.5 Å². The van der Waals surface area contributed by atoms with Crippen LogP contribution in [-0.4, -0.2) is 16.5 Å². The van der Waals surface area contributed by atoms with Crippen molar-refractivity contribution in [3.05, 3.63) is 68.3 Å². The molecule has 1 N–H and O–H groups in total. The van der Waals surface area contributed by atoms with Crippen LogP contribution in [0.2, 0.25) is 0 Å². The number of nitro benzene ring substituents is 2. The SMILES string of the molecule is CCOCc1ccc(Nc2ccc([N+](=O)[O-])cc2[N+](=O)[O-])cc1. The van der Waals surface area contributed by atoms with Gasteiger partial charge < -0.3 is 10.1 Å². The van der Waals surface area contributed by atoms with Gasteiger partial charge in [-0.3, -0.25) is 20.2 Å². The van der Waals surface area contributed by atoms with Crippen LogP contribution >= 0.6 is 0 Å². The summed E-state index contributed by atoms with van der Waals surface area (Å²) in [7, 11) is 0. The maximum atomic E-state index is 11.1. The Bertz CT molecular complexity index is 716. The molecule has 0 radical (unpaired) electrons. The van der Waals surface area contributed by atoms with Crippen LogP contribution < -0.4 is 5.32 Å². The van der Waals surface area contributed by atoms with E-state index in [2.05, 4.69) is 5.32 Å². The number of hydrogen-bond acceptors (Lipinski definition) is 6. The minimum absolute atomic E-state index is 0.193. The van der Waals surface area contributed by atoms with Crippen molar-refractivity contribution in [2.24, 2.45) is 0 Å². The Labute approximate surface area is 132 Å². The molecule has 120 valence electrons. The predicted octanol–water partition coefficient (Wildman–Crippen LogP) is 3.78. The number of non-ortho nitro benzene ring substituents is 1. The summed E-state index contributed by atoms with van der Waals surface area (Å²) >= 11 is 0. The van der Waals surface area contributed by atoms with E-state index in [0.29, 0.717) is 18.9 Å². The van der Waals surface area contributed by atoms with E-state index >= 15 is 0 Å². The highest BCUT2D eigenvalue weighted by molar-refractivity contribution is 5.71. The first-order chi connectivity index (χ1) is 11.0. The van der Waals surface area contributed by atoms with Gasteiger partial charge in [-0.1, -0.05) is 12.1 Å². The number of rotatable bonds is 7. The lowest BCUT2D eigenvalue weighted by atomic mass is 10.2. The van der Waals surface area contributed by atoms with E-state index in [1.165, 1.54) is 12.1 Å².